The Hall–Kier alpha value is -1.36. The first-order valence-corrected chi connectivity index (χ1v) is 4.10. The number of carbonyl (C=O) groups is 2. The standard InChI is InChI=1S/C8H13N3O2/c1-2-7(12)11-4-3-10-5-6(11)8(9)13/h2,6,10H,1,3-5H2,(H2,9,13)/t6-/m0/s1. The van der Waals surface area contributed by atoms with Gasteiger partial charge in [0.1, 0.15) is 6.04 Å². The summed E-state index contributed by atoms with van der Waals surface area (Å²) in [7, 11) is 0. The Morgan fingerprint density at radius 3 is 2.85 bits per heavy atom. The van der Waals surface area contributed by atoms with Gasteiger partial charge >= 0.3 is 0 Å². The molecule has 1 atom stereocenters. The molecule has 0 aromatic heterocycles. The highest BCUT2D eigenvalue weighted by molar-refractivity contribution is 5.92. The summed E-state index contributed by atoms with van der Waals surface area (Å²) in [4.78, 5) is 23.6. The number of nitrogens with two attached hydrogens (primary N) is 1. The van der Waals surface area contributed by atoms with E-state index in [0.717, 1.165) is 0 Å². The fourth-order valence-corrected chi connectivity index (χ4v) is 1.34. The van der Waals surface area contributed by atoms with E-state index in [-0.39, 0.29) is 5.91 Å². The highest BCUT2D eigenvalue weighted by Crippen LogP contribution is 2.03. The van der Waals surface area contributed by atoms with Crippen molar-refractivity contribution in [1.29, 1.82) is 0 Å². The van der Waals surface area contributed by atoms with Crippen LogP contribution in [-0.2, 0) is 9.59 Å². The zero-order valence-electron chi connectivity index (χ0n) is 7.32. The van der Waals surface area contributed by atoms with E-state index in [2.05, 4.69) is 11.9 Å². The minimum atomic E-state index is -0.542. The van der Waals surface area contributed by atoms with Gasteiger partial charge < -0.3 is 16.0 Å². The Kier molecular flexibility index (Phi) is 3.02. The van der Waals surface area contributed by atoms with Crippen LogP contribution in [0, 0.1) is 0 Å². The minimum absolute atomic E-state index is 0.245. The summed E-state index contributed by atoms with van der Waals surface area (Å²) in [6.45, 7) is 4.97. The van der Waals surface area contributed by atoms with Crippen molar-refractivity contribution >= 4 is 11.8 Å². The lowest BCUT2D eigenvalue weighted by atomic mass is 10.2. The molecule has 0 spiro atoms. The van der Waals surface area contributed by atoms with Crippen LogP contribution in [0.5, 0.6) is 0 Å². The first-order chi connectivity index (χ1) is 6.16. The van der Waals surface area contributed by atoms with E-state index in [1.54, 1.807) is 0 Å². The Balaban J connectivity index is 2.72. The molecule has 1 aliphatic heterocycles. The second kappa shape index (κ2) is 4.04. The van der Waals surface area contributed by atoms with Gasteiger partial charge in [-0.25, -0.2) is 0 Å². The first kappa shape index (κ1) is 9.73. The molecule has 1 fully saturated rings. The summed E-state index contributed by atoms with van der Waals surface area (Å²) >= 11 is 0. The number of rotatable bonds is 2. The lowest BCUT2D eigenvalue weighted by Crippen LogP contribution is -2.58. The van der Waals surface area contributed by atoms with Crippen LogP contribution < -0.4 is 11.1 Å². The van der Waals surface area contributed by atoms with Crippen molar-refractivity contribution in [1.82, 2.24) is 10.2 Å². The summed E-state index contributed by atoms with van der Waals surface area (Å²) in [5, 5.41) is 3.00. The molecule has 1 saturated heterocycles. The Labute approximate surface area is 76.6 Å². The van der Waals surface area contributed by atoms with Gasteiger partial charge in [-0.1, -0.05) is 6.58 Å². The Morgan fingerprint density at radius 2 is 2.31 bits per heavy atom. The summed E-state index contributed by atoms with van der Waals surface area (Å²) in [6.07, 6.45) is 1.20. The number of primary amides is 1. The zero-order chi connectivity index (χ0) is 9.84. The molecule has 0 bridgehead atoms. The molecule has 0 unspecified atom stereocenters. The molecule has 3 N–H and O–H groups in total. The van der Waals surface area contributed by atoms with Crippen LogP contribution in [0.2, 0.25) is 0 Å². The smallest absolute Gasteiger partial charge is 0.246 e. The SMILES string of the molecule is C=CC(=O)N1CCNC[C@H]1C(N)=O. The molecule has 5 heteroatoms. The van der Waals surface area contributed by atoms with Crippen LogP contribution in [0.25, 0.3) is 0 Å². The third-order valence-corrected chi connectivity index (χ3v) is 2.03. The van der Waals surface area contributed by atoms with Crippen molar-refractivity contribution in [3.63, 3.8) is 0 Å². The van der Waals surface area contributed by atoms with Crippen LogP contribution in [0.1, 0.15) is 0 Å². The number of hydrogen-bond donors (Lipinski definition) is 2. The maximum Gasteiger partial charge on any atom is 0.246 e. The van der Waals surface area contributed by atoms with Crippen molar-refractivity contribution in [3.8, 4) is 0 Å². The lowest BCUT2D eigenvalue weighted by molar-refractivity contribution is -0.136. The summed E-state index contributed by atoms with van der Waals surface area (Å²) in [5.41, 5.74) is 5.14. The van der Waals surface area contributed by atoms with Gasteiger partial charge in [0.15, 0.2) is 0 Å². The molecule has 0 radical (unpaired) electrons. The van der Waals surface area contributed by atoms with Crippen molar-refractivity contribution in [3.05, 3.63) is 12.7 Å². The topological polar surface area (TPSA) is 75.4 Å². The maximum atomic E-state index is 11.3. The summed E-state index contributed by atoms with van der Waals surface area (Å²) < 4.78 is 0. The highest BCUT2D eigenvalue weighted by Gasteiger charge is 2.28. The van der Waals surface area contributed by atoms with Gasteiger partial charge in [0.05, 0.1) is 0 Å². The lowest BCUT2D eigenvalue weighted by Gasteiger charge is -2.33. The van der Waals surface area contributed by atoms with Crippen LogP contribution in [0.4, 0.5) is 0 Å². The quantitative estimate of drug-likeness (QED) is 0.509. The van der Waals surface area contributed by atoms with E-state index in [0.29, 0.717) is 19.6 Å². The number of carbonyl (C=O) groups excluding carboxylic acids is 2. The second-order valence-corrected chi connectivity index (χ2v) is 2.86. The minimum Gasteiger partial charge on any atom is -0.368 e. The molecular formula is C8H13N3O2. The summed E-state index contributed by atoms with van der Waals surface area (Å²) in [5.74, 6) is -0.729. The third-order valence-electron chi connectivity index (χ3n) is 2.03. The predicted octanol–water partition coefficient (Wildman–Crippen LogP) is -1.54. The normalized spacial score (nSPS) is 22.5. The van der Waals surface area contributed by atoms with E-state index >= 15 is 0 Å². The fourth-order valence-electron chi connectivity index (χ4n) is 1.34. The molecule has 5 nitrogen and oxygen atoms in total. The second-order valence-electron chi connectivity index (χ2n) is 2.86. The summed E-state index contributed by atoms with van der Waals surface area (Å²) in [6, 6.07) is -0.542. The average Bonchev–Trinajstić information content (AvgIpc) is 2.16. The Morgan fingerprint density at radius 1 is 1.62 bits per heavy atom. The number of piperazine rings is 1. The maximum absolute atomic E-state index is 11.3. The molecule has 0 saturated carbocycles. The van der Waals surface area contributed by atoms with Crippen molar-refractivity contribution in [2.75, 3.05) is 19.6 Å². The van der Waals surface area contributed by atoms with Gasteiger partial charge in [0.2, 0.25) is 11.8 Å². The first-order valence-electron chi connectivity index (χ1n) is 4.10. The zero-order valence-corrected chi connectivity index (χ0v) is 7.32. The van der Waals surface area contributed by atoms with Crippen LogP contribution in [0.3, 0.4) is 0 Å². The van der Waals surface area contributed by atoms with Crippen molar-refractivity contribution < 1.29 is 9.59 Å². The van der Waals surface area contributed by atoms with Crippen LogP contribution >= 0.6 is 0 Å². The Bertz CT molecular complexity index is 240. The monoisotopic (exact) mass is 183 g/mol. The molecule has 1 heterocycles. The number of nitrogens with one attached hydrogen (secondary N) is 1. The van der Waals surface area contributed by atoms with Crippen molar-refractivity contribution in [2.45, 2.75) is 6.04 Å². The molecule has 1 rings (SSSR count). The van der Waals surface area contributed by atoms with Gasteiger partial charge in [-0.3, -0.25) is 9.59 Å². The van der Waals surface area contributed by atoms with Gasteiger partial charge in [-0.2, -0.15) is 0 Å². The van der Waals surface area contributed by atoms with Gasteiger partial charge in [-0.15, -0.1) is 0 Å². The number of nitrogens with zero attached hydrogens (tertiary/aromatic N) is 1. The van der Waals surface area contributed by atoms with E-state index in [1.807, 2.05) is 0 Å². The third kappa shape index (κ3) is 2.06. The van der Waals surface area contributed by atoms with Gasteiger partial charge in [0, 0.05) is 19.6 Å². The number of hydrogen-bond acceptors (Lipinski definition) is 3. The van der Waals surface area contributed by atoms with Crippen LogP contribution in [0.15, 0.2) is 12.7 Å². The molecule has 0 aliphatic carbocycles. The molecular weight excluding hydrogens is 170 g/mol. The van der Waals surface area contributed by atoms with E-state index < -0.39 is 11.9 Å². The van der Waals surface area contributed by atoms with E-state index in [1.165, 1.54) is 11.0 Å². The molecule has 1 aliphatic rings. The van der Waals surface area contributed by atoms with Gasteiger partial charge in [-0.05, 0) is 6.08 Å². The molecule has 0 aromatic rings. The molecule has 0 aromatic carbocycles. The van der Waals surface area contributed by atoms with Crippen molar-refractivity contribution in [2.24, 2.45) is 5.73 Å². The fraction of sp³-hybridized carbons (Fsp3) is 0.500. The average molecular weight is 183 g/mol. The van der Waals surface area contributed by atoms with Gasteiger partial charge in [0.25, 0.3) is 0 Å². The highest BCUT2D eigenvalue weighted by atomic mass is 16.2. The largest absolute Gasteiger partial charge is 0.368 e. The number of amides is 2. The molecule has 72 valence electrons. The van der Waals surface area contributed by atoms with Crippen LogP contribution in [-0.4, -0.2) is 42.4 Å². The molecule has 13 heavy (non-hydrogen) atoms. The van der Waals surface area contributed by atoms with E-state index in [9.17, 15) is 9.59 Å². The molecule has 2 amide bonds. The van der Waals surface area contributed by atoms with E-state index in [4.69, 9.17) is 5.73 Å². The predicted molar refractivity (Wildman–Crippen MR) is 47.8 cm³/mol.